The largest absolute Gasteiger partial charge is 0.505 e. The lowest BCUT2D eigenvalue weighted by molar-refractivity contribution is 0.408. The summed E-state index contributed by atoms with van der Waals surface area (Å²) in [5.74, 6) is -0.761. The molecule has 0 aliphatic heterocycles. The van der Waals surface area contributed by atoms with Crippen LogP contribution in [0.5, 0.6) is 5.75 Å². The second kappa shape index (κ2) is 3.02. The van der Waals surface area contributed by atoms with E-state index in [0.29, 0.717) is 5.56 Å². The fourth-order valence-corrected chi connectivity index (χ4v) is 1.61. The van der Waals surface area contributed by atoms with E-state index in [1.807, 2.05) is 27.7 Å². The van der Waals surface area contributed by atoms with Crippen molar-refractivity contribution >= 4 is 0 Å². The zero-order valence-electron chi connectivity index (χ0n) is 8.48. The van der Waals surface area contributed by atoms with E-state index in [1.165, 1.54) is 6.07 Å². The predicted molar refractivity (Wildman–Crippen MR) is 51.5 cm³/mol. The molecule has 1 N–H and O–H groups in total. The first kappa shape index (κ1) is 10.0. The molecule has 0 atom stereocenters. The Labute approximate surface area is 78.2 Å². The maximum Gasteiger partial charge on any atom is 0.165 e. The van der Waals surface area contributed by atoms with Crippen LogP contribution in [0.1, 0.15) is 31.9 Å². The van der Waals surface area contributed by atoms with Crippen LogP contribution in [0.25, 0.3) is 0 Å². The van der Waals surface area contributed by atoms with E-state index in [2.05, 4.69) is 0 Å². The molecule has 0 radical (unpaired) electrons. The molecule has 1 aromatic rings. The molecule has 72 valence electrons. The molecule has 0 amide bonds. The van der Waals surface area contributed by atoms with Crippen LogP contribution in [0, 0.1) is 12.7 Å². The van der Waals surface area contributed by atoms with E-state index in [9.17, 15) is 9.50 Å². The van der Waals surface area contributed by atoms with Crippen LogP contribution in [0.2, 0.25) is 0 Å². The topological polar surface area (TPSA) is 20.2 Å². The Kier molecular flexibility index (Phi) is 2.33. The lowest BCUT2D eigenvalue weighted by atomic mass is 9.83. The Bertz CT molecular complexity index is 324. The molecule has 0 aliphatic rings. The summed E-state index contributed by atoms with van der Waals surface area (Å²) < 4.78 is 13.0. The van der Waals surface area contributed by atoms with E-state index in [1.54, 1.807) is 6.07 Å². The van der Waals surface area contributed by atoms with E-state index in [4.69, 9.17) is 0 Å². The molecule has 0 unspecified atom stereocenters. The average Bonchev–Trinajstić information content (AvgIpc) is 1.95. The van der Waals surface area contributed by atoms with Crippen molar-refractivity contribution in [3.05, 3.63) is 29.1 Å². The average molecular weight is 182 g/mol. The third kappa shape index (κ3) is 1.82. The number of hydrogen-bond donors (Lipinski definition) is 1. The molecule has 0 heterocycles. The molecule has 0 saturated heterocycles. The Morgan fingerprint density at radius 2 is 1.77 bits per heavy atom. The van der Waals surface area contributed by atoms with Crippen LogP contribution < -0.4 is 0 Å². The molecule has 0 spiro atoms. The Morgan fingerprint density at radius 1 is 1.23 bits per heavy atom. The predicted octanol–water partition coefficient (Wildman–Crippen LogP) is 3.14. The maximum atomic E-state index is 13.0. The number of aryl methyl sites for hydroxylation is 1. The summed E-state index contributed by atoms with van der Waals surface area (Å²) in [5, 5.41) is 9.54. The fourth-order valence-electron chi connectivity index (χ4n) is 1.61. The molecule has 0 aliphatic carbocycles. The molecule has 1 rings (SSSR count). The van der Waals surface area contributed by atoms with Crippen molar-refractivity contribution in [2.45, 2.75) is 33.1 Å². The maximum absolute atomic E-state index is 13.0. The van der Waals surface area contributed by atoms with Crippen LogP contribution in [0.3, 0.4) is 0 Å². The summed E-state index contributed by atoms with van der Waals surface area (Å²) in [6, 6.07) is 2.98. The molecule has 1 aromatic carbocycles. The highest BCUT2D eigenvalue weighted by molar-refractivity contribution is 5.44. The summed E-state index contributed by atoms with van der Waals surface area (Å²) in [5.41, 5.74) is 1.38. The third-order valence-electron chi connectivity index (χ3n) is 2.09. The number of halogens is 1. The van der Waals surface area contributed by atoms with Gasteiger partial charge < -0.3 is 5.11 Å². The molecule has 1 nitrogen and oxygen atoms in total. The summed E-state index contributed by atoms with van der Waals surface area (Å²) in [4.78, 5) is 0. The quantitative estimate of drug-likeness (QED) is 0.653. The molecule has 2 heteroatoms. The molecule has 0 fully saturated rings. The van der Waals surface area contributed by atoms with Crippen LogP contribution in [0.4, 0.5) is 4.39 Å². The van der Waals surface area contributed by atoms with E-state index < -0.39 is 5.82 Å². The Balaban J connectivity index is 3.43. The van der Waals surface area contributed by atoms with Gasteiger partial charge in [-0.15, -0.1) is 0 Å². The zero-order valence-corrected chi connectivity index (χ0v) is 8.48. The minimum Gasteiger partial charge on any atom is -0.505 e. The monoisotopic (exact) mass is 182 g/mol. The highest BCUT2D eigenvalue weighted by Crippen LogP contribution is 2.34. The van der Waals surface area contributed by atoms with Gasteiger partial charge in [0.2, 0.25) is 0 Å². The number of aromatic hydroxyl groups is 1. The SMILES string of the molecule is Cc1ccc(F)c(O)c1C(C)(C)C. The van der Waals surface area contributed by atoms with Gasteiger partial charge in [0.05, 0.1) is 0 Å². The molecule has 0 aromatic heterocycles. The van der Waals surface area contributed by atoms with Crippen molar-refractivity contribution in [2.24, 2.45) is 0 Å². The van der Waals surface area contributed by atoms with Gasteiger partial charge in [0, 0.05) is 5.56 Å². The fraction of sp³-hybridized carbons (Fsp3) is 0.455. The van der Waals surface area contributed by atoms with Crippen molar-refractivity contribution in [3.8, 4) is 5.75 Å². The number of phenols is 1. The summed E-state index contributed by atoms with van der Waals surface area (Å²) in [6.45, 7) is 7.73. The van der Waals surface area contributed by atoms with Gasteiger partial charge in [0.25, 0.3) is 0 Å². The van der Waals surface area contributed by atoms with Crippen LogP contribution in [-0.2, 0) is 5.41 Å². The van der Waals surface area contributed by atoms with Gasteiger partial charge in [-0.2, -0.15) is 0 Å². The summed E-state index contributed by atoms with van der Waals surface area (Å²) >= 11 is 0. The van der Waals surface area contributed by atoms with Gasteiger partial charge in [-0.25, -0.2) is 4.39 Å². The minimum atomic E-state index is -0.546. The normalized spacial score (nSPS) is 11.8. The summed E-state index contributed by atoms with van der Waals surface area (Å²) in [6.07, 6.45) is 0. The van der Waals surface area contributed by atoms with Gasteiger partial charge >= 0.3 is 0 Å². The van der Waals surface area contributed by atoms with E-state index in [-0.39, 0.29) is 11.2 Å². The third-order valence-corrected chi connectivity index (χ3v) is 2.09. The smallest absolute Gasteiger partial charge is 0.165 e. The van der Waals surface area contributed by atoms with Crippen molar-refractivity contribution in [1.82, 2.24) is 0 Å². The van der Waals surface area contributed by atoms with Gasteiger partial charge in [-0.3, -0.25) is 0 Å². The van der Waals surface area contributed by atoms with Crippen molar-refractivity contribution < 1.29 is 9.50 Å². The van der Waals surface area contributed by atoms with E-state index >= 15 is 0 Å². The zero-order chi connectivity index (χ0) is 10.2. The molecular formula is C11H15FO. The van der Waals surface area contributed by atoms with Gasteiger partial charge in [-0.05, 0) is 24.0 Å². The van der Waals surface area contributed by atoms with E-state index in [0.717, 1.165) is 5.56 Å². The van der Waals surface area contributed by atoms with Gasteiger partial charge in [0.15, 0.2) is 11.6 Å². The second-order valence-corrected chi connectivity index (χ2v) is 4.34. The highest BCUT2D eigenvalue weighted by Gasteiger charge is 2.22. The Hall–Kier alpha value is -1.05. The van der Waals surface area contributed by atoms with Crippen LogP contribution in [-0.4, -0.2) is 5.11 Å². The first-order valence-corrected chi connectivity index (χ1v) is 4.32. The minimum absolute atomic E-state index is 0.215. The first-order chi connectivity index (χ1) is 5.84. The number of benzene rings is 1. The second-order valence-electron chi connectivity index (χ2n) is 4.34. The van der Waals surface area contributed by atoms with Gasteiger partial charge in [0.1, 0.15) is 0 Å². The number of rotatable bonds is 0. The summed E-state index contributed by atoms with van der Waals surface area (Å²) in [7, 11) is 0. The first-order valence-electron chi connectivity index (χ1n) is 4.32. The standard InChI is InChI=1S/C11H15FO/c1-7-5-6-8(12)10(13)9(7)11(2,3)4/h5-6,13H,1-4H3. The van der Waals surface area contributed by atoms with Crippen LogP contribution in [0.15, 0.2) is 12.1 Å². The molecular weight excluding hydrogens is 167 g/mol. The van der Waals surface area contributed by atoms with Crippen molar-refractivity contribution in [1.29, 1.82) is 0 Å². The number of hydrogen-bond acceptors (Lipinski definition) is 1. The lowest BCUT2D eigenvalue weighted by Gasteiger charge is -2.22. The van der Waals surface area contributed by atoms with Crippen molar-refractivity contribution in [2.75, 3.05) is 0 Å². The Morgan fingerprint density at radius 3 is 2.15 bits per heavy atom. The number of phenolic OH excluding ortho intramolecular Hbond substituents is 1. The molecule has 13 heavy (non-hydrogen) atoms. The van der Waals surface area contributed by atoms with Gasteiger partial charge in [-0.1, -0.05) is 26.8 Å². The molecule has 0 saturated carbocycles. The molecule has 0 bridgehead atoms. The highest BCUT2D eigenvalue weighted by atomic mass is 19.1. The van der Waals surface area contributed by atoms with Crippen molar-refractivity contribution in [3.63, 3.8) is 0 Å². The van der Waals surface area contributed by atoms with Crippen LogP contribution >= 0.6 is 0 Å². The lowest BCUT2D eigenvalue weighted by Crippen LogP contribution is -2.13.